The molecule has 0 saturated heterocycles. The summed E-state index contributed by atoms with van der Waals surface area (Å²) in [5, 5.41) is 13.0. The first-order valence-corrected chi connectivity index (χ1v) is 5.47. The summed E-state index contributed by atoms with van der Waals surface area (Å²) >= 11 is 0. The van der Waals surface area contributed by atoms with Crippen molar-refractivity contribution in [1.29, 1.82) is 0 Å². The second kappa shape index (κ2) is 4.47. The lowest BCUT2D eigenvalue weighted by Crippen LogP contribution is -2.26. The highest BCUT2D eigenvalue weighted by atomic mass is 16.2. The molecule has 0 aliphatic heterocycles. The van der Waals surface area contributed by atoms with Gasteiger partial charge in [-0.3, -0.25) is 14.5 Å². The number of H-pyrrole nitrogens is 2. The molecule has 0 radical (unpaired) electrons. The lowest BCUT2D eigenvalue weighted by atomic mass is 10.1. The Morgan fingerprint density at radius 3 is 2.72 bits per heavy atom. The third-order valence-corrected chi connectivity index (χ3v) is 2.37. The Balaban J connectivity index is 2.39. The summed E-state index contributed by atoms with van der Waals surface area (Å²) in [7, 11) is 1.79. The number of hydrogen-bond acceptors (Lipinski definition) is 5. The molecular weight excluding hydrogens is 236 g/mol. The second-order valence-electron chi connectivity index (χ2n) is 4.24. The monoisotopic (exact) mass is 250 g/mol. The summed E-state index contributed by atoms with van der Waals surface area (Å²) in [6.07, 6.45) is 1.75. The molecule has 2 aromatic heterocycles. The van der Waals surface area contributed by atoms with Gasteiger partial charge in [-0.1, -0.05) is 13.8 Å². The van der Waals surface area contributed by atoms with Gasteiger partial charge in [-0.05, 0) is 5.92 Å². The Kier molecular flexibility index (Phi) is 3.00. The van der Waals surface area contributed by atoms with Crippen LogP contribution in [0.1, 0.15) is 25.5 Å². The Labute approximate surface area is 102 Å². The Bertz CT molecular complexity index is 665. The van der Waals surface area contributed by atoms with Crippen LogP contribution in [0.5, 0.6) is 0 Å². The molecule has 0 aliphatic rings. The lowest BCUT2D eigenvalue weighted by Gasteiger charge is -2.05. The van der Waals surface area contributed by atoms with Gasteiger partial charge in [0.05, 0.1) is 11.4 Å². The fourth-order valence-corrected chi connectivity index (χ4v) is 1.59. The van der Waals surface area contributed by atoms with E-state index in [1.165, 1.54) is 0 Å². The average Bonchev–Trinajstić information content (AvgIpc) is 2.64. The molecule has 8 nitrogen and oxygen atoms in total. The molecule has 3 N–H and O–H groups in total. The van der Waals surface area contributed by atoms with Crippen molar-refractivity contribution in [1.82, 2.24) is 25.0 Å². The average molecular weight is 250 g/mol. The van der Waals surface area contributed by atoms with E-state index in [9.17, 15) is 9.59 Å². The molecule has 96 valence electrons. The maximum atomic E-state index is 11.5. The summed E-state index contributed by atoms with van der Waals surface area (Å²) in [5.41, 5.74) is 0.306. The van der Waals surface area contributed by atoms with E-state index in [0.29, 0.717) is 5.69 Å². The van der Waals surface area contributed by atoms with Gasteiger partial charge in [-0.25, -0.2) is 9.89 Å². The van der Waals surface area contributed by atoms with Crippen LogP contribution in [0, 0.1) is 0 Å². The van der Waals surface area contributed by atoms with Crippen LogP contribution in [-0.2, 0) is 7.05 Å². The highest BCUT2D eigenvalue weighted by Gasteiger charge is 2.13. The molecule has 2 rings (SSSR count). The standard InChI is InChI=1S/C10H14N6O2/c1-5(2)7-6(4-16(3)15-7)11-8-9(17)12-10(18)14-13-8/h4-5H,1-3H3,(H,11,13)(H2,12,14,17,18). The minimum Gasteiger partial charge on any atom is -0.331 e. The molecule has 0 saturated carbocycles. The number of nitrogens with zero attached hydrogens (tertiary/aromatic N) is 3. The summed E-state index contributed by atoms with van der Waals surface area (Å²) in [5.74, 6) is 0.236. The molecule has 0 spiro atoms. The summed E-state index contributed by atoms with van der Waals surface area (Å²) in [6.45, 7) is 4.00. The Morgan fingerprint density at radius 2 is 2.11 bits per heavy atom. The number of aromatic amines is 2. The predicted octanol–water partition coefficient (Wildman–Crippen LogP) is 0.0587. The second-order valence-corrected chi connectivity index (χ2v) is 4.24. The van der Waals surface area contributed by atoms with E-state index in [1.54, 1.807) is 17.9 Å². The van der Waals surface area contributed by atoms with Gasteiger partial charge in [0.15, 0.2) is 0 Å². The van der Waals surface area contributed by atoms with Crippen molar-refractivity contribution >= 4 is 11.5 Å². The summed E-state index contributed by atoms with van der Waals surface area (Å²) < 4.78 is 1.65. The Morgan fingerprint density at radius 1 is 1.39 bits per heavy atom. The van der Waals surface area contributed by atoms with Gasteiger partial charge in [-0.15, -0.1) is 5.10 Å². The van der Waals surface area contributed by atoms with E-state index >= 15 is 0 Å². The number of aryl methyl sites for hydroxylation is 1. The van der Waals surface area contributed by atoms with E-state index in [4.69, 9.17) is 0 Å². The highest BCUT2D eigenvalue weighted by Crippen LogP contribution is 2.23. The zero-order valence-electron chi connectivity index (χ0n) is 10.3. The highest BCUT2D eigenvalue weighted by molar-refractivity contribution is 5.57. The molecule has 0 aromatic carbocycles. The number of hydrogen-bond donors (Lipinski definition) is 3. The van der Waals surface area contributed by atoms with Gasteiger partial charge in [0, 0.05) is 13.2 Å². The van der Waals surface area contributed by atoms with Gasteiger partial charge < -0.3 is 5.32 Å². The third-order valence-electron chi connectivity index (χ3n) is 2.37. The predicted molar refractivity (Wildman–Crippen MR) is 66.1 cm³/mol. The minimum absolute atomic E-state index is 0.0319. The summed E-state index contributed by atoms with van der Waals surface area (Å²) in [4.78, 5) is 24.5. The van der Waals surface area contributed by atoms with Crippen molar-refractivity contribution < 1.29 is 0 Å². The third kappa shape index (κ3) is 2.31. The molecule has 0 unspecified atom stereocenters. The van der Waals surface area contributed by atoms with Crippen LogP contribution >= 0.6 is 0 Å². The van der Waals surface area contributed by atoms with Gasteiger partial charge >= 0.3 is 5.69 Å². The molecule has 18 heavy (non-hydrogen) atoms. The van der Waals surface area contributed by atoms with Crippen LogP contribution in [0.25, 0.3) is 0 Å². The van der Waals surface area contributed by atoms with Crippen molar-refractivity contribution in [2.24, 2.45) is 7.05 Å². The SMILES string of the molecule is CC(C)c1nn(C)cc1Nc1n[nH]c(=O)[nH]c1=O. The van der Waals surface area contributed by atoms with Gasteiger partial charge in [0.1, 0.15) is 0 Å². The lowest BCUT2D eigenvalue weighted by molar-refractivity contribution is 0.713. The van der Waals surface area contributed by atoms with Crippen molar-refractivity contribution in [3.8, 4) is 0 Å². The molecule has 2 aromatic rings. The van der Waals surface area contributed by atoms with Gasteiger partial charge in [0.2, 0.25) is 5.82 Å². The minimum atomic E-state index is -0.638. The van der Waals surface area contributed by atoms with Crippen LogP contribution in [-0.4, -0.2) is 25.0 Å². The molecule has 0 aliphatic carbocycles. The smallest absolute Gasteiger partial charge is 0.331 e. The number of aromatic nitrogens is 5. The van der Waals surface area contributed by atoms with Crippen molar-refractivity contribution in [3.63, 3.8) is 0 Å². The van der Waals surface area contributed by atoms with Crippen molar-refractivity contribution in [2.75, 3.05) is 5.32 Å². The normalized spacial score (nSPS) is 10.9. The topological polar surface area (TPSA) is 108 Å². The fraction of sp³-hybridized carbons (Fsp3) is 0.400. The molecular formula is C10H14N6O2. The number of anilines is 2. The van der Waals surface area contributed by atoms with Crippen LogP contribution in [0.4, 0.5) is 11.5 Å². The number of rotatable bonds is 3. The summed E-state index contributed by atoms with van der Waals surface area (Å²) in [6, 6.07) is 0. The molecule has 0 fully saturated rings. The first-order valence-electron chi connectivity index (χ1n) is 5.47. The van der Waals surface area contributed by atoms with Crippen molar-refractivity contribution in [2.45, 2.75) is 19.8 Å². The molecule has 0 atom stereocenters. The molecule has 0 amide bonds. The van der Waals surface area contributed by atoms with E-state index in [-0.39, 0.29) is 11.7 Å². The van der Waals surface area contributed by atoms with E-state index < -0.39 is 11.2 Å². The van der Waals surface area contributed by atoms with E-state index in [2.05, 4.69) is 25.6 Å². The first kappa shape index (κ1) is 12.1. The van der Waals surface area contributed by atoms with Crippen LogP contribution < -0.4 is 16.6 Å². The first-order chi connectivity index (χ1) is 8.47. The quantitative estimate of drug-likeness (QED) is 0.713. The zero-order chi connectivity index (χ0) is 13.3. The van der Waals surface area contributed by atoms with Crippen molar-refractivity contribution in [3.05, 3.63) is 32.7 Å². The van der Waals surface area contributed by atoms with Crippen LogP contribution in [0.3, 0.4) is 0 Å². The fourth-order valence-electron chi connectivity index (χ4n) is 1.59. The maximum Gasteiger partial charge on any atom is 0.342 e. The van der Waals surface area contributed by atoms with Crippen LogP contribution in [0.2, 0.25) is 0 Å². The van der Waals surface area contributed by atoms with Crippen LogP contribution in [0.15, 0.2) is 15.8 Å². The van der Waals surface area contributed by atoms with E-state index in [0.717, 1.165) is 5.69 Å². The largest absolute Gasteiger partial charge is 0.342 e. The van der Waals surface area contributed by atoms with Gasteiger partial charge in [0.25, 0.3) is 5.56 Å². The molecule has 0 bridgehead atoms. The van der Waals surface area contributed by atoms with E-state index in [1.807, 2.05) is 13.8 Å². The zero-order valence-corrected chi connectivity index (χ0v) is 10.3. The number of nitrogens with one attached hydrogen (secondary N) is 3. The molecule has 8 heteroatoms. The van der Waals surface area contributed by atoms with Gasteiger partial charge in [-0.2, -0.15) is 5.10 Å². The maximum absolute atomic E-state index is 11.5. The molecule has 2 heterocycles. The Hall–Kier alpha value is -2.38.